The van der Waals surface area contributed by atoms with Gasteiger partial charge in [0.15, 0.2) is 17.6 Å². The number of aromatic nitrogens is 3. The number of ether oxygens (including phenoxy) is 1. The maximum absolute atomic E-state index is 14.3. The molecule has 2 aromatic heterocycles. The molecule has 2 bridgehead atoms. The van der Waals surface area contributed by atoms with Gasteiger partial charge in [0.1, 0.15) is 5.82 Å². The number of ketones is 1. The lowest BCUT2D eigenvalue weighted by Crippen LogP contribution is -2.43. The van der Waals surface area contributed by atoms with Gasteiger partial charge in [0.05, 0.1) is 29.8 Å². The summed E-state index contributed by atoms with van der Waals surface area (Å²) in [7, 11) is 0. The van der Waals surface area contributed by atoms with Crippen molar-refractivity contribution < 1.29 is 18.3 Å². The van der Waals surface area contributed by atoms with Crippen LogP contribution in [-0.4, -0.2) is 58.1 Å². The lowest BCUT2D eigenvalue weighted by Gasteiger charge is -2.34. The Morgan fingerprint density at radius 1 is 0.974 bits per heavy atom. The number of Topliss-reactive ketones (excluding diaryl/α,β-unsaturated/α-hetero) is 1. The quantitative estimate of drug-likeness (QED) is 0.417. The Labute approximate surface area is 223 Å². The van der Waals surface area contributed by atoms with E-state index in [4.69, 9.17) is 14.1 Å². The highest BCUT2D eigenvalue weighted by molar-refractivity contribution is 6.16. The Hall–Kier alpha value is -4.44. The number of pyridine rings is 1. The lowest BCUT2D eigenvalue weighted by atomic mass is 9.96. The standard InChI is InChI=1S/C29H25FN6O3/c30-19-13-23(36-15-20-10-11-21(16-36)38-20)26(31-14-19)28-34-35-29(39-28)33-27-24(37)12-18-8-4-5-9-22(18)25(32-27)17-6-2-1-3-7-17/h1-9,13-14,20-21,27H,10-12,15-16H2,(H,33,35)/t20?,21?,27-/m1/s1. The minimum absolute atomic E-state index is 0.0320. The van der Waals surface area contributed by atoms with Crippen molar-refractivity contribution in [1.82, 2.24) is 15.2 Å². The molecule has 39 heavy (non-hydrogen) atoms. The number of nitrogens with zero attached hydrogens (tertiary/aromatic N) is 5. The van der Waals surface area contributed by atoms with Gasteiger partial charge in [0.25, 0.3) is 5.89 Å². The minimum Gasteiger partial charge on any atom is -0.402 e. The maximum atomic E-state index is 14.3. The van der Waals surface area contributed by atoms with Crippen LogP contribution in [0.15, 0.2) is 76.3 Å². The first-order valence-electron chi connectivity index (χ1n) is 13.0. The molecular formula is C29H25FN6O3. The van der Waals surface area contributed by atoms with Gasteiger partial charge in [-0.25, -0.2) is 9.37 Å². The van der Waals surface area contributed by atoms with Crippen LogP contribution in [0.5, 0.6) is 0 Å². The average Bonchev–Trinajstić information content (AvgIpc) is 3.53. The Morgan fingerprint density at radius 3 is 2.56 bits per heavy atom. The van der Waals surface area contributed by atoms with E-state index in [1.807, 2.05) is 54.6 Å². The van der Waals surface area contributed by atoms with E-state index >= 15 is 0 Å². The van der Waals surface area contributed by atoms with Gasteiger partial charge < -0.3 is 19.4 Å². The summed E-state index contributed by atoms with van der Waals surface area (Å²) in [6, 6.07) is 19.0. The normalized spacial score (nSPS) is 22.3. The summed E-state index contributed by atoms with van der Waals surface area (Å²) in [5.41, 5.74) is 4.38. The molecule has 0 spiro atoms. The van der Waals surface area contributed by atoms with Crippen molar-refractivity contribution >= 4 is 23.2 Å². The minimum atomic E-state index is -0.934. The predicted molar refractivity (Wildman–Crippen MR) is 142 cm³/mol. The van der Waals surface area contributed by atoms with E-state index in [1.54, 1.807) is 0 Å². The number of fused-ring (bicyclic) bond motifs is 3. The van der Waals surface area contributed by atoms with Crippen LogP contribution in [0.1, 0.15) is 29.5 Å². The number of halogens is 1. The summed E-state index contributed by atoms with van der Waals surface area (Å²) in [5, 5.41) is 11.3. The first kappa shape index (κ1) is 23.7. The first-order chi connectivity index (χ1) is 19.1. The molecule has 9 nitrogen and oxygen atoms in total. The molecule has 1 N–H and O–H groups in total. The zero-order valence-corrected chi connectivity index (χ0v) is 21.0. The highest BCUT2D eigenvalue weighted by Gasteiger charge is 2.35. The van der Waals surface area contributed by atoms with Gasteiger partial charge in [0.2, 0.25) is 0 Å². The van der Waals surface area contributed by atoms with Gasteiger partial charge in [-0.05, 0) is 18.4 Å². The number of hydrogen-bond acceptors (Lipinski definition) is 9. The molecule has 3 aliphatic heterocycles. The van der Waals surface area contributed by atoms with E-state index in [0.29, 0.717) is 30.2 Å². The van der Waals surface area contributed by atoms with E-state index in [0.717, 1.165) is 35.7 Å². The van der Waals surface area contributed by atoms with Crippen LogP contribution in [0, 0.1) is 5.82 Å². The highest BCUT2D eigenvalue weighted by atomic mass is 19.1. The second-order valence-corrected chi connectivity index (χ2v) is 9.99. The molecule has 0 radical (unpaired) electrons. The number of rotatable bonds is 5. The summed E-state index contributed by atoms with van der Waals surface area (Å²) >= 11 is 0. The fraction of sp³-hybridized carbons (Fsp3) is 0.276. The van der Waals surface area contributed by atoms with Gasteiger partial charge in [-0.15, -0.1) is 5.10 Å². The summed E-state index contributed by atoms with van der Waals surface area (Å²) in [5.74, 6) is -0.447. The molecule has 0 saturated carbocycles. The molecule has 4 aromatic rings. The number of carbonyl (C=O) groups is 1. The summed E-state index contributed by atoms with van der Waals surface area (Å²) in [6.45, 7) is 1.28. The van der Waals surface area contributed by atoms with Crippen molar-refractivity contribution in [3.8, 4) is 11.6 Å². The summed E-state index contributed by atoms with van der Waals surface area (Å²) in [4.78, 5) is 24.4. The second-order valence-electron chi connectivity index (χ2n) is 9.99. The topological polar surface area (TPSA) is 106 Å². The molecule has 2 saturated heterocycles. The van der Waals surface area contributed by atoms with Gasteiger partial charge in [-0.1, -0.05) is 59.7 Å². The van der Waals surface area contributed by atoms with E-state index < -0.39 is 12.0 Å². The van der Waals surface area contributed by atoms with Crippen LogP contribution < -0.4 is 10.2 Å². The molecule has 5 heterocycles. The van der Waals surface area contributed by atoms with Crippen molar-refractivity contribution in [3.63, 3.8) is 0 Å². The van der Waals surface area contributed by atoms with Crippen LogP contribution in [0.25, 0.3) is 11.6 Å². The van der Waals surface area contributed by atoms with Crippen LogP contribution in [0.3, 0.4) is 0 Å². The molecule has 0 amide bonds. The predicted octanol–water partition coefficient (Wildman–Crippen LogP) is 4.04. The second kappa shape index (κ2) is 9.70. The number of benzene rings is 2. The molecule has 2 unspecified atom stereocenters. The zero-order chi connectivity index (χ0) is 26.3. The Balaban J connectivity index is 1.20. The summed E-state index contributed by atoms with van der Waals surface area (Å²) in [6.07, 6.45) is 2.60. The molecular weight excluding hydrogens is 499 g/mol. The third-order valence-corrected chi connectivity index (χ3v) is 7.35. The van der Waals surface area contributed by atoms with Crippen molar-refractivity contribution in [2.24, 2.45) is 4.99 Å². The zero-order valence-electron chi connectivity index (χ0n) is 21.0. The molecule has 7 rings (SSSR count). The monoisotopic (exact) mass is 524 g/mol. The largest absolute Gasteiger partial charge is 0.402 e. The van der Waals surface area contributed by atoms with Crippen LogP contribution in [-0.2, 0) is 16.0 Å². The third kappa shape index (κ3) is 4.57. The SMILES string of the molecule is O=C1Cc2ccccc2C(c2ccccc2)=N[C@@H]1Nc1nnc(-c2ncc(F)cc2N2CC3CCC(C2)O3)o1. The van der Waals surface area contributed by atoms with Gasteiger partial charge in [-0.2, -0.15) is 0 Å². The lowest BCUT2D eigenvalue weighted by molar-refractivity contribution is -0.119. The van der Waals surface area contributed by atoms with Crippen molar-refractivity contribution in [3.05, 3.63) is 89.4 Å². The molecule has 3 aliphatic rings. The third-order valence-electron chi connectivity index (χ3n) is 7.35. The van der Waals surface area contributed by atoms with Crippen LogP contribution in [0.2, 0.25) is 0 Å². The average molecular weight is 525 g/mol. The molecule has 10 heteroatoms. The fourth-order valence-corrected chi connectivity index (χ4v) is 5.54. The molecule has 2 aromatic carbocycles. The fourth-order valence-electron chi connectivity index (χ4n) is 5.54. The van der Waals surface area contributed by atoms with E-state index in [1.165, 1.54) is 6.07 Å². The number of nitrogens with one attached hydrogen (secondary N) is 1. The highest BCUT2D eigenvalue weighted by Crippen LogP contribution is 2.35. The van der Waals surface area contributed by atoms with Crippen molar-refractivity contribution in [2.45, 2.75) is 37.6 Å². The van der Waals surface area contributed by atoms with Gasteiger partial charge >= 0.3 is 6.01 Å². The Bertz CT molecular complexity index is 1560. The van der Waals surface area contributed by atoms with Crippen molar-refractivity contribution in [2.75, 3.05) is 23.3 Å². The summed E-state index contributed by atoms with van der Waals surface area (Å²) < 4.78 is 26.1. The number of carbonyl (C=O) groups excluding carboxylic acids is 1. The van der Waals surface area contributed by atoms with Gasteiger partial charge in [-0.3, -0.25) is 9.79 Å². The Morgan fingerprint density at radius 2 is 1.74 bits per heavy atom. The Kier molecular flexibility index (Phi) is 5.89. The number of hydrogen-bond donors (Lipinski definition) is 1. The van der Waals surface area contributed by atoms with Crippen LogP contribution >= 0.6 is 0 Å². The maximum Gasteiger partial charge on any atom is 0.317 e. The first-order valence-corrected chi connectivity index (χ1v) is 13.0. The number of aliphatic imine (C=N–C) groups is 1. The van der Waals surface area contributed by atoms with E-state index in [9.17, 15) is 9.18 Å². The van der Waals surface area contributed by atoms with Gasteiger partial charge in [0, 0.05) is 36.7 Å². The van der Waals surface area contributed by atoms with Crippen LogP contribution in [0.4, 0.5) is 16.1 Å². The molecule has 196 valence electrons. The number of anilines is 2. The number of morpholine rings is 1. The van der Waals surface area contributed by atoms with E-state index in [-0.39, 0.29) is 36.3 Å². The molecule has 0 aliphatic carbocycles. The van der Waals surface area contributed by atoms with Crippen molar-refractivity contribution in [1.29, 1.82) is 0 Å². The smallest absolute Gasteiger partial charge is 0.317 e. The molecule has 3 atom stereocenters. The molecule has 2 fully saturated rings. The van der Waals surface area contributed by atoms with E-state index in [2.05, 4.69) is 25.4 Å².